The van der Waals surface area contributed by atoms with Crippen LogP contribution in [0.3, 0.4) is 0 Å². The molecule has 0 aromatic heterocycles. The topological polar surface area (TPSA) is 74.6 Å². The Labute approximate surface area is 62.3 Å². The number of aliphatic carboxylic acids is 2. The molecular formula is C4H6FeO4+3. The van der Waals surface area contributed by atoms with Crippen LogP contribution in [0.5, 0.6) is 0 Å². The Balaban J connectivity index is 0. The summed E-state index contributed by atoms with van der Waals surface area (Å²) in [5, 5.41) is 15.8. The summed E-state index contributed by atoms with van der Waals surface area (Å²) in [6.07, 6.45) is -0.593. The van der Waals surface area contributed by atoms with Crippen molar-refractivity contribution in [2.24, 2.45) is 0 Å². The predicted molar refractivity (Wildman–Crippen MR) is 24.5 cm³/mol. The molecule has 0 rings (SSSR count). The van der Waals surface area contributed by atoms with E-state index in [0.717, 1.165) is 0 Å². The van der Waals surface area contributed by atoms with Crippen molar-refractivity contribution in [3.8, 4) is 0 Å². The summed E-state index contributed by atoms with van der Waals surface area (Å²) in [7, 11) is 0. The molecule has 0 amide bonds. The molecule has 0 bridgehead atoms. The maximum Gasteiger partial charge on any atom is 3.00 e. The van der Waals surface area contributed by atoms with Crippen LogP contribution in [0.4, 0.5) is 0 Å². The van der Waals surface area contributed by atoms with Gasteiger partial charge in [0, 0.05) is 0 Å². The van der Waals surface area contributed by atoms with Crippen molar-refractivity contribution in [1.82, 2.24) is 0 Å². The Bertz CT molecular complexity index is 97.1. The van der Waals surface area contributed by atoms with E-state index >= 15 is 0 Å². The predicted octanol–water partition coefficient (Wildman–Crippen LogP) is -0.0667. The zero-order valence-electron chi connectivity index (χ0n) is 4.48. The van der Waals surface area contributed by atoms with Crippen LogP contribution in [0.2, 0.25) is 0 Å². The fourth-order valence-electron chi connectivity index (χ4n) is 0.214. The zero-order chi connectivity index (χ0) is 6.57. The SMILES string of the molecule is O=C(O)CCC(=O)O.[Fe+3]. The molecule has 0 aromatic rings. The maximum atomic E-state index is 9.64. The van der Waals surface area contributed by atoms with Gasteiger partial charge in [-0.3, -0.25) is 9.59 Å². The van der Waals surface area contributed by atoms with Gasteiger partial charge in [0.05, 0.1) is 12.8 Å². The summed E-state index contributed by atoms with van der Waals surface area (Å²) in [5.41, 5.74) is 0. The van der Waals surface area contributed by atoms with Crippen molar-refractivity contribution in [1.29, 1.82) is 0 Å². The van der Waals surface area contributed by atoms with Crippen molar-refractivity contribution in [3.63, 3.8) is 0 Å². The summed E-state index contributed by atoms with van der Waals surface area (Å²) in [5.74, 6) is -2.15. The van der Waals surface area contributed by atoms with Crippen LogP contribution in [0.25, 0.3) is 0 Å². The van der Waals surface area contributed by atoms with Crippen LogP contribution in [0.1, 0.15) is 12.8 Å². The summed E-state index contributed by atoms with van der Waals surface area (Å²) < 4.78 is 0. The van der Waals surface area contributed by atoms with Gasteiger partial charge in [-0.05, 0) is 0 Å². The molecule has 0 fully saturated rings. The van der Waals surface area contributed by atoms with Gasteiger partial charge in [0.1, 0.15) is 0 Å². The van der Waals surface area contributed by atoms with Crippen LogP contribution >= 0.6 is 0 Å². The molecule has 0 unspecified atom stereocenters. The molecule has 2 N–H and O–H groups in total. The van der Waals surface area contributed by atoms with Crippen molar-refractivity contribution >= 4 is 11.9 Å². The maximum absolute atomic E-state index is 9.64. The molecule has 0 saturated heterocycles. The van der Waals surface area contributed by atoms with E-state index in [0.29, 0.717) is 0 Å². The summed E-state index contributed by atoms with van der Waals surface area (Å²) in [6, 6.07) is 0. The third-order valence-corrected chi connectivity index (χ3v) is 0.553. The van der Waals surface area contributed by atoms with Crippen LogP contribution < -0.4 is 0 Å². The Morgan fingerprint density at radius 3 is 1.33 bits per heavy atom. The molecule has 0 aromatic carbocycles. The fourth-order valence-corrected chi connectivity index (χ4v) is 0.214. The van der Waals surface area contributed by atoms with Gasteiger partial charge < -0.3 is 10.2 Å². The second kappa shape index (κ2) is 5.59. The molecule has 0 atom stereocenters. The van der Waals surface area contributed by atoms with E-state index in [1.165, 1.54) is 0 Å². The smallest absolute Gasteiger partial charge is 0.481 e. The Hall–Kier alpha value is -0.541. The molecule has 1 radical (unpaired) electrons. The molecular weight excluding hydrogens is 168 g/mol. The van der Waals surface area contributed by atoms with Gasteiger partial charge in [-0.15, -0.1) is 0 Å². The molecule has 0 spiro atoms. The van der Waals surface area contributed by atoms with E-state index in [2.05, 4.69) is 0 Å². The number of hydrogen-bond acceptors (Lipinski definition) is 2. The molecule has 0 heterocycles. The van der Waals surface area contributed by atoms with Gasteiger partial charge in [0.2, 0.25) is 0 Å². The van der Waals surface area contributed by atoms with E-state index < -0.39 is 11.9 Å². The minimum Gasteiger partial charge on any atom is -0.481 e. The van der Waals surface area contributed by atoms with Crippen LogP contribution in [-0.2, 0) is 26.7 Å². The largest absolute Gasteiger partial charge is 3.00 e. The second-order valence-electron chi connectivity index (χ2n) is 1.29. The number of hydrogen-bond donors (Lipinski definition) is 2. The van der Waals surface area contributed by atoms with E-state index in [4.69, 9.17) is 10.2 Å². The van der Waals surface area contributed by atoms with Crippen LogP contribution in [0.15, 0.2) is 0 Å². The first-order chi connectivity index (χ1) is 3.63. The van der Waals surface area contributed by atoms with Gasteiger partial charge >= 0.3 is 29.0 Å². The summed E-state index contributed by atoms with van der Waals surface area (Å²) in [6.45, 7) is 0. The molecule has 5 heteroatoms. The van der Waals surface area contributed by atoms with Crippen molar-refractivity contribution < 1.29 is 36.9 Å². The third kappa shape index (κ3) is 11.2. The van der Waals surface area contributed by atoms with Gasteiger partial charge in [-0.2, -0.15) is 0 Å². The molecule has 51 valence electrons. The number of rotatable bonds is 3. The van der Waals surface area contributed by atoms with Crippen molar-refractivity contribution in [3.05, 3.63) is 0 Å². The fraction of sp³-hybridized carbons (Fsp3) is 0.500. The molecule has 4 nitrogen and oxygen atoms in total. The van der Waals surface area contributed by atoms with Gasteiger partial charge in [0.25, 0.3) is 0 Å². The minimum absolute atomic E-state index is 0. The van der Waals surface area contributed by atoms with E-state index in [1.807, 2.05) is 0 Å². The van der Waals surface area contributed by atoms with Crippen molar-refractivity contribution in [2.75, 3.05) is 0 Å². The third-order valence-electron chi connectivity index (χ3n) is 0.553. The van der Waals surface area contributed by atoms with E-state index in [1.54, 1.807) is 0 Å². The standard InChI is InChI=1S/C4H6O4.Fe/c5-3(6)1-2-4(7)8;/h1-2H2,(H,5,6)(H,7,8);/q;+3. The van der Waals surface area contributed by atoms with Crippen LogP contribution in [-0.4, -0.2) is 22.2 Å². The molecule has 0 aliphatic carbocycles. The van der Waals surface area contributed by atoms with Crippen LogP contribution in [0, 0.1) is 0 Å². The molecule has 0 saturated carbocycles. The Morgan fingerprint density at radius 2 is 1.22 bits per heavy atom. The first kappa shape index (κ1) is 11.3. The quantitative estimate of drug-likeness (QED) is 0.587. The van der Waals surface area contributed by atoms with Gasteiger partial charge in [-0.1, -0.05) is 0 Å². The molecule has 0 aliphatic rings. The zero-order valence-corrected chi connectivity index (χ0v) is 5.58. The molecule has 9 heavy (non-hydrogen) atoms. The number of carbonyl (C=O) groups is 2. The minimum atomic E-state index is -1.08. The second-order valence-corrected chi connectivity index (χ2v) is 1.29. The first-order valence-corrected chi connectivity index (χ1v) is 2.06. The van der Waals surface area contributed by atoms with E-state index in [-0.39, 0.29) is 29.9 Å². The first-order valence-electron chi connectivity index (χ1n) is 2.06. The summed E-state index contributed by atoms with van der Waals surface area (Å²) in [4.78, 5) is 19.3. The van der Waals surface area contributed by atoms with Gasteiger partial charge in [-0.25, -0.2) is 0 Å². The van der Waals surface area contributed by atoms with E-state index in [9.17, 15) is 9.59 Å². The summed E-state index contributed by atoms with van der Waals surface area (Å²) >= 11 is 0. The average Bonchev–Trinajstić information content (AvgIpc) is 1.61. The number of carboxylic acids is 2. The Kier molecular flexibility index (Phi) is 7.01. The molecule has 0 aliphatic heterocycles. The number of carboxylic acid groups (broad SMARTS) is 2. The monoisotopic (exact) mass is 174 g/mol. The normalized spacial score (nSPS) is 7.56. The van der Waals surface area contributed by atoms with Gasteiger partial charge in [0.15, 0.2) is 0 Å². The average molecular weight is 174 g/mol. The van der Waals surface area contributed by atoms with Crippen molar-refractivity contribution in [2.45, 2.75) is 12.8 Å². The Morgan fingerprint density at radius 1 is 1.00 bits per heavy atom.